The molecule has 100 valence electrons. The minimum atomic E-state index is -0.0698. The van der Waals surface area contributed by atoms with Crippen LogP contribution in [0.3, 0.4) is 0 Å². The Morgan fingerprint density at radius 1 is 1.35 bits per heavy atom. The van der Waals surface area contributed by atoms with E-state index in [-0.39, 0.29) is 11.6 Å². The Bertz CT molecular complexity index is 230. The minimum Gasteiger partial charge on any atom is -0.381 e. The van der Waals surface area contributed by atoms with Crippen LogP contribution in [-0.2, 0) is 9.47 Å². The summed E-state index contributed by atoms with van der Waals surface area (Å²) < 4.78 is 11.6. The summed E-state index contributed by atoms with van der Waals surface area (Å²) >= 11 is 0. The van der Waals surface area contributed by atoms with Gasteiger partial charge >= 0.3 is 0 Å². The molecule has 0 spiro atoms. The Balaban J connectivity index is 2.04. The molecule has 0 bridgehead atoms. The summed E-state index contributed by atoms with van der Waals surface area (Å²) in [5.41, 5.74) is 6.45. The second kappa shape index (κ2) is 5.68. The van der Waals surface area contributed by atoms with Crippen molar-refractivity contribution >= 4 is 0 Å². The molecule has 1 aliphatic carbocycles. The first-order valence-corrected chi connectivity index (χ1v) is 7.15. The lowest BCUT2D eigenvalue weighted by atomic mass is 9.72. The second-order valence-corrected chi connectivity index (χ2v) is 5.83. The summed E-state index contributed by atoms with van der Waals surface area (Å²) in [6.45, 7) is 6.88. The molecule has 2 atom stereocenters. The third-order valence-corrected chi connectivity index (χ3v) is 4.63. The van der Waals surface area contributed by atoms with E-state index in [2.05, 4.69) is 13.8 Å². The molecule has 0 aromatic heterocycles. The molecule has 3 heteroatoms. The van der Waals surface area contributed by atoms with Crippen molar-refractivity contribution in [2.24, 2.45) is 17.6 Å². The first-order valence-electron chi connectivity index (χ1n) is 7.15. The van der Waals surface area contributed by atoms with Crippen LogP contribution >= 0.6 is 0 Å². The monoisotopic (exact) mass is 241 g/mol. The van der Waals surface area contributed by atoms with Gasteiger partial charge in [-0.25, -0.2) is 0 Å². The van der Waals surface area contributed by atoms with Gasteiger partial charge in [0, 0.05) is 25.2 Å². The van der Waals surface area contributed by atoms with E-state index in [1.165, 1.54) is 12.8 Å². The molecule has 2 unspecified atom stereocenters. The molecule has 1 saturated carbocycles. The van der Waals surface area contributed by atoms with E-state index in [0.717, 1.165) is 45.0 Å². The Morgan fingerprint density at radius 2 is 2.06 bits per heavy atom. The number of ether oxygens (including phenoxy) is 2. The summed E-state index contributed by atoms with van der Waals surface area (Å²) in [7, 11) is 0. The van der Waals surface area contributed by atoms with Gasteiger partial charge in [-0.3, -0.25) is 0 Å². The van der Waals surface area contributed by atoms with Crippen molar-refractivity contribution in [2.45, 2.75) is 57.6 Å². The zero-order valence-corrected chi connectivity index (χ0v) is 11.3. The maximum absolute atomic E-state index is 6.52. The van der Waals surface area contributed by atoms with Gasteiger partial charge in [-0.2, -0.15) is 0 Å². The van der Waals surface area contributed by atoms with Crippen LogP contribution in [0.5, 0.6) is 0 Å². The topological polar surface area (TPSA) is 44.5 Å². The van der Waals surface area contributed by atoms with Gasteiger partial charge < -0.3 is 15.2 Å². The highest BCUT2D eigenvalue weighted by Gasteiger charge is 2.44. The summed E-state index contributed by atoms with van der Waals surface area (Å²) in [6, 6.07) is 0.150. The Kier molecular flexibility index (Phi) is 4.45. The molecule has 1 saturated heterocycles. The number of nitrogens with two attached hydrogens (primary N) is 1. The fourth-order valence-electron chi connectivity index (χ4n) is 3.38. The van der Waals surface area contributed by atoms with E-state index < -0.39 is 0 Å². The lowest BCUT2D eigenvalue weighted by Crippen LogP contribution is -2.55. The molecule has 17 heavy (non-hydrogen) atoms. The molecule has 2 N–H and O–H groups in total. The van der Waals surface area contributed by atoms with Crippen LogP contribution in [0.25, 0.3) is 0 Å². The van der Waals surface area contributed by atoms with Crippen LogP contribution in [0.4, 0.5) is 0 Å². The molecule has 0 amide bonds. The van der Waals surface area contributed by atoms with E-state index in [4.69, 9.17) is 15.2 Å². The molecule has 0 radical (unpaired) electrons. The van der Waals surface area contributed by atoms with Gasteiger partial charge in [0.05, 0.1) is 12.2 Å². The van der Waals surface area contributed by atoms with E-state index >= 15 is 0 Å². The highest BCUT2D eigenvalue weighted by molar-refractivity contribution is 4.98. The van der Waals surface area contributed by atoms with Gasteiger partial charge in [0.1, 0.15) is 0 Å². The number of rotatable bonds is 4. The fourth-order valence-corrected chi connectivity index (χ4v) is 3.38. The molecule has 2 aliphatic rings. The van der Waals surface area contributed by atoms with Crippen molar-refractivity contribution in [2.75, 3.05) is 19.8 Å². The highest BCUT2D eigenvalue weighted by atomic mass is 16.5. The first kappa shape index (κ1) is 13.3. The molecule has 2 fully saturated rings. The third-order valence-electron chi connectivity index (χ3n) is 4.63. The van der Waals surface area contributed by atoms with Gasteiger partial charge in [0.2, 0.25) is 0 Å². The summed E-state index contributed by atoms with van der Waals surface area (Å²) in [5.74, 6) is 1.32. The Morgan fingerprint density at radius 3 is 2.59 bits per heavy atom. The zero-order valence-electron chi connectivity index (χ0n) is 11.3. The van der Waals surface area contributed by atoms with Crippen molar-refractivity contribution in [1.82, 2.24) is 0 Å². The maximum atomic E-state index is 6.52. The average molecular weight is 241 g/mol. The molecule has 0 aromatic rings. The van der Waals surface area contributed by atoms with Crippen LogP contribution in [-0.4, -0.2) is 31.5 Å². The van der Waals surface area contributed by atoms with Crippen molar-refractivity contribution in [3.63, 3.8) is 0 Å². The summed E-state index contributed by atoms with van der Waals surface area (Å²) in [4.78, 5) is 0. The molecule has 1 heterocycles. The normalized spacial score (nSPS) is 40.4. The Labute approximate surface area is 105 Å². The van der Waals surface area contributed by atoms with E-state index in [9.17, 15) is 0 Å². The van der Waals surface area contributed by atoms with Crippen molar-refractivity contribution in [1.29, 1.82) is 0 Å². The Hall–Kier alpha value is -0.120. The van der Waals surface area contributed by atoms with E-state index in [1.54, 1.807) is 0 Å². The maximum Gasteiger partial charge on any atom is 0.0836 e. The number of hydrogen-bond donors (Lipinski definition) is 1. The van der Waals surface area contributed by atoms with Gasteiger partial charge in [-0.05, 0) is 44.9 Å². The average Bonchev–Trinajstić information content (AvgIpc) is 2.85. The van der Waals surface area contributed by atoms with Gasteiger partial charge in [-0.15, -0.1) is 0 Å². The molecular formula is C14H27NO2. The predicted octanol–water partition coefficient (Wildman–Crippen LogP) is 2.34. The van der Waals surface area contributed by atoms with Crippen LogP contribution in [0, 0.1) is 11.8 Å². The minimum absolute atomic E-state index is 0.0698. The molecule has 0 aromatic carbocycles. The van der Waals surface area contributed by atoms with Crippen molar-refractivity contribution in [3.05, 3.63) is 0 Å². The van der Waals surface area contributed by atoms with Gasteiger partial charge in [0.15, 0.2) is 0 Å². The van der Waals surface area contributed by atoms with Crippen molar-refractivity contribution in [3.8, 4) is 0 Å². The largest absolute Gasteiger partial charge is 0.381 e. The van der Waals surface area contributed by atoms with Crippen LogP contribution in [0.1, 0.15) is 46.0 Å². The predicted molar refractivity (Wildman–Crippen MR) is 68.9 cm³/mol. The van der Waals surface area contributed by atoms with Crippen LogP contribution in [0.15, 0.2) is 0 Å². The van der Waals surface area contributed by atoms with Crippen LogP contribution in [0.2, 0.25) is 0 Å². The van der Waals surface area contributed by atoms with Gasteiger partial charge in [-0.1, -0.05) is 6.92 Å². The third kappa shape index (κ3) is 2.83. The first-order chi connectivity index (χ1) is 8.18. The summed E-state index contributed by atoms with van der Waals surface area (Å²) in [5, 5.41) is 0. The van der Waals surface area contributed by atoms with Gasteiger partial charge in [0.25, 0.3) is 0 Å². The van der Waals surface area contributed by atoms with Crippen LogP contribution < -0.4 is 5.73 Å². The lowest BCUT2D eigenvalue weighted by molar-refractivity contribution is -0.0996. The standard InChI is InChI=1S/C14H27NO2/c1-3-17-14(7-4-11(2)5-8-14)13(15)12-6-9-16-10-12/h11-13H,3-10,15H2,1-2H3. The smallest absolute Gasteiger partial charge is 0.0836 e. The molecule has 1 aliphatic heterocycles. The zero-order chi connectivity index (χ0) is 12.3. The van der Waals surface area contributed by atoms with Crippen molar-refractivity contribution < 1.29 is 9.47 Å². The molecule has 3 nitrogen and oxygen atoms in total. The van der Waals surface area contributed by atoms with E-state index in [0.29, 0.717) is 5.92 Å². The lowest BCUT2D eigenvalue weighted by Gasteiger charge is -2.45. The summed E-state index contributed by atoms with van der Waals surface area (Å²) in [6.07, 6.45) is 5.85. The highest BCUT2D eigenvalue weighted by Crippen LogP contribution is 2.39. The molecule has 2 rings (SSSR count). The van der Waals surface area contributed by atoms with E-state index in [1.807, 2.05) is 0 Å². The number of hydrogen-bond acceptors (Lipinski definition) is 3. The fraction of sp³-hybridized carbons (Fsp3) is 1.00. The quantitative estimate of drug-likeness (QED) is 0.821. The SMILES string of the molecule is CCOC1(C(N)C2CCOC2)CCC(C)CC1. The second-order valence-electron chi connectivity index (χ2n) is 5.83. The molecular weight excluding hydrogens is 214 g/mol.